The van der Waals surface area contributed by atoms with Crippen LogP contribution < -0.4 is 22.6 Å². The number of carboxylic acid groups (broad SMARTS) is 1. The molecule has 0 spiro atoms. The number of hydrogen-bond donors (Lipinski definition) is 6. The van der Waals surface area contributed by atoms with Gasteiger partial charge >= 0.3 is 11.7 Å². The summed E-state index contributed by atoms with van der Waals surface area (Å²) in [4.78, 5) is 35.2. The highest BCUT2D eigenvalue weighted by Gasteiger charge is 2.26. The van der Waals surface area contributed by atoms with Gasteiger partial charge in [-0.2, -0.15) is 4.98 Å². The van der Waals surface area contributed by atoms with Crippen LogP contribution >= 0.6 is 0 Å². The van der Waals surface area contributed by atoms with Crippen molar-refractivity contribution in [1.29, 1.82) is 0 Å². The molecule has 12 nitrogen and oxygen atoms in total. The maximum absolute atomic E-state index is 11.5. The average Bonchev–Trinajstić information content (AvgIpc) is 3.04. The topological polar surface area (TPSA) is 203 Å². The van der Waals surface area contributed by atoms with Crippen molar-refractivity contribution in [2.24, 2.45) is 5.73 Å². The second kappa shape index (κ2) is 9.68. The zero-order valence-electron chi connectivity index (χ0n) is 13.2. The number of hydroxylamine groups is 1. The van der Waals surface area contributed by atoms with Crippen LogP contribution in [0.3, 0.4) is 0 Å². The number of ether oxygens (including phenoxy) is 1. The van der Waals surface area contributed by atoms with Gasteiger partial charge in [-0.25, -0.2) is 10.3 Å². The second-order valence-corrected chi connectivity index (χ2v) is 5.20. The van der Waals surface area contributed by atoms with E-state index >= 15 is 0 Å². The van der Waals surface area contributed by atoms with E-state index in [4.69, 9.17) is 31.6 Å². The molecular formula is C13H21N5O7. The molecule has 0 aromatic carbocycles. The van der Waals surface area contributed by atoms with Crippen LogP contribution in [0.15, 0.2) is 17.1 Å². The highest BCUT2D eigenvalue weighted by Crippen LogP contribution is 2.26. The summed E-state index contributed by atoms with van der Waals surface area (Å²) in [5, 5.41) is 25.0. The van der Waals surface area contributed by atoms with E-state index in [2.05, 4.69) is 4.98 Å². The number of nitrogens with zero attached hydrogens (tertiary/aromatic N) is 2. The molecule has 140 valence electrons. The molecule has 0 aliphatic carbocycles. The Morgan fingerprint density at radius 3 is 2.64 bits per heavy atom. The van der Waals surface area contributed by atoms with Gasteiger partial charge in [0.15, 0.2) is 0 Å². The number of carbonyl (C=O) groups excluding carboxylic acids is 1. The number of aliphatic carboxylic acids is 1. The van der Waals surface area contributed by atoms with Gasteiger partial charge in [0.1, 0.15) is 18.1 Å². The molecule has 12 heteroatoms. The second-order valence-electron chi connectivity index (χ2n) is 5.20. The third kappa shape index (κ3) is 6.46. The molecule has 1 aromatic heterocycles. The van der Waals surface area contributed by atoms with Gasteiger partial charge in [-0.3, -0.25) is 19.4 Å². The first kappa shape index (κ1) is 20.5. The quantitative estimate of drug-likeness (QED) is 0.247. The Morgan fingerprint density at radius 1 is 1.48 bits per heavy atom. The maximum Gasteiger partial charge on any atom is 0.351 e. The van der Waals surface area contributed by atoms with E-state index in [0.717, 1.165) is 6.42 Å². The number of nitrogens with two attached hydrogens (primary N) is 2. The molecule has 2 rings (SSSR count). The summed E-state index contributed by atoms with van der Waals surface area (Å²) in [7, 11) is 0. The molecule has 1 aliphatic rings. The number of aliphatic hydroxyl groups is 1. The molecule has 1 aromatic rings. The number of aromatic nitrogens is 2. The Balaban J connectivity index is 0.000000275. The first-order chi connectivity index (χ1) is 11.8. The van der Waals surface area contributed by atoms with Gasteiger partial charge in [-0.05, 0) is 18.9 Å². The molecule has 0 bridgehead atoms. The van der Waals surface area contributed by atoms with Crippen LogP contribution in [-0.4, -0.2) is 55.6 Å². The van der Waals surface area contributed by atoms with E-state index in [-0.39, 0.29) is 24.8 Å². The molecule has 0 radical (unpaired) electrons. The Morgan fingerprint density at radius 2 is 2.16 bits per heavy atom. The predicted molar refractivity (Wildman–Crippen MR) is 83.3 cm³/mol. The predicted octanol–water partition coefficient (Wildman–Crippen LogP) is -2.21. The van der Waals surface area contributed by atoms with Gasteiger partial charge in [0, 0.05) is 6.20 Å². The number of anilines is 1. The number of amides is 1. The van der Waals surface area contributed by atoms with E-state index < -0.39 is 30.0 Å². The zero-order valence-corrected chi connectivity index (χ0v) is 13.2. The lowest BCUT2D eigenvalue weighted by Crippen LogP contribution is -2.35. The lowest BCUT2D eigenvalue weighted by atomic mass is 10.2. The third-order valence-electron chi connectivity index (χ3n) is 3.30. The van der Waals surface area contributed by atoms with Crippen molar-refractivity contribution in [3.63, 3.8) is 0 Å². The largest absolute Gasteiger partial charge is 0.480 e. The van der Waals surface area contributed by atoms with Crippen molar-refractivity contribution < 1.29 is 29.7 Å². The molecule has 1 aliphatic heterocycles. The highest BCUT2D eigenvalue weighted by molar-refractivity contribution is 5.83. The lowest BCUT2D eigenvalue weighted by molar-refractivity contribution is -0.141. The summed E-state index contributed by atoms with van der Waals surface area (Å²) in [6.45, 7) is -0.0202. The zero-order chi connectivity index (χ0) is 19.0. The van der Waals surface area contributed by atoms with E-state index in [1.807, 2.05) is 0 Å². The van der Waals surface area contributed by atoms with Crippen LogP contribution in [0.5, 0.6) is 0 Å². The van der Waals surface area contributed by atoms with Crippen LogP contribution in [0, 0.1) is 0 Å². The molecule has 1 amide bonds. The van der Waals surface area contributed by atoms with Crippen molar-refractivity contribution in [2.75, 3.05) is 12.3 Å². The monoisotopic (exact) mass is 359 g/mol. The van der Waals surface area contributed by atoms with Gasteiger partial charge in [-0.1, -0.05) is 0 Å². The van der Waals surface area contributed by atoms with Gasteiger partial charge in [0.05, 0.1) is 19.1 Å². The fourth-order valence-corrected chi connectivity index (χ4v) is 2.00. The van der Waals surface area contributed by atoms with Crippen molar-refractivity contribution in [3.8, 4) is 0 Å². The van der Waals surface area contributed by atoms with Crippen molar-refractivity contribution in [1.82, 2.24) is 15.0 Å². The number of carboxylic acids is 1. The maximum atomic E-state index is 11.5. The van der Waals surface area contributed by atoms with Crippen molar-refractivity contribution in [3.05, 3.63) is 22.7 Å². The summed E-state index contributed by atoms with van der Waals surface area (Å²) >= 11 is 0. The number of hydrogen-bond acceptors (Lipinski definition) is 9. The van der Waals surface area contributed by atoms with E-state index in [1.165, 1.54) is 10.0 Å². The molecule has 0 unspecified atom stereocenters. The highest BCUT2D eigenvalue weighted by atomic mass is 16.5. The van der Waals surface area contributed by atoms with Crippen LogP contribution in [0.4, 0.5) is 5.82 Å². The van der Waals surface area contributed by atoms with Crippen molar-refractivity contribution in [2.45, 2.75) is 37.6 Å². The first-order valence-corrected chi connectivity index (χ1v) is 7.30. The minimum atomic E-state index is -1.27. The Hall–Kier alpha value is -2.54. The molecule has 25 heavy (non-hydrogen) atoms. The third-order valence-corrected chi connectivity index (χ3v) is 3.30. The van der Waals surface area contributed by atoms with Crippen LogP contribution in [0.1, 0.15) is 25.5 Å². The fraction of sp³-hybridized carbons (Fsp3) is 0.538. The van der Waals surface area contributed by atoms with E-state index in [9.17, 15) is 14.4 Å². The fourth-order valence-electron chi connectivity index (χ4n) is 2.00. The van der Waals surface area contributed by atoms with Gasteiger partial charge in [-0.15, -0.1) is 0 Å². The number of carbonyl (C=O) groups is 2. The van der Waals surface area contributed by atoms with Crippen LogP contribution in [-0.2, 0) is 14.3 Å². The SMILES string of the molecule is N[C@H](CC(=O)NO)C(=O)O.Nc1ccn([C@H]2CC[C@@H](CO)O2)c(=O)n1. The van der Waals surface area contributed by atoms with Crippen LogP contribution in [0.2, 0.25) is 0 Å². The normalized spacial score (nSPS) is 20.3. The Labute approximate surface area is 142 Å². The summed E-state index contributed by atoms with van der Waals surface area (Å²) < 4.78 is 6.84. The van der Waals surface area contributed by atoms with Gasteiger partial charge in [0.25, 0.3) is 0 Å². The lowest BCUT2D eigenvalue weighted by Gasteiger charge is -2.14. The number of aliphatic hydroxyl groups excluding tert-OH is 1. The number of nitrogen functional groups attached to an aromatic ring is 1. The molecular weight excluding hydrogens is 338 g/mol. The molecule has 2 heterocycles. The molecule has 1 saturated heterocycles. The summed E-state index contributed by atoms with van der Waals surface area (Å²) in [6.07, 6.45) is 2.08. The van der Waals surface area contributed by atoms with Gasteiger partial charge in [0.2, 0.25) is 5.91 Å². The first-order valence-electron chi connectivity index (χ1n) is 7.30. The summed E-state index contributed by atoms with van der Waals surface area (Å²) in [5.74, 6) is -1.88. The summed E-state index contributed by atoms with van der Waals surface area (Å²) in [6, 6.07) is 0.295. The Bertz CT molecular complexity index is 650. The molecule has 1 fully saturated rings. The van der Waals surface area contributed by atoms with E-state index in [1.54, 1.807) is 12.3 Å². The van der Waals surface area contributed by atoms with Crippen LogP contribution in [0.25, 0.3) is 0 Å². The molecule has 0 saturated carbocycles. The molecule has 8 N–H and O–H groups in total. The standard InChI is InChI=1S/C9H13N3O3.C4H8N2O4/c10-7-3-4-12(9(14)11-7)8-2-1-6(5-13)15-8;5-2(4(8)9)1-3(7)6-10/h3-4,6,8,13H,1-2,5H2,(H2,10,11,14);2,10H,1,5H2,(H,6,7)(H,8,9)/t6-,8+;2-/m01/s1. The minimum absolute atomic E-state index is 0.0202. The molecule has 3 atom stereocenters. The minimum Gasteiger partial charge on any atom is -0.480 e. The summed E-state index contributed by atoms with van der Waals surface area (Å²) in [5.41, 5.74) is 11.1. The number of nitrogens with one attached hydrogen (secondary N) is 1. The van der Waals surface area contributed by atoms with Gasteiger partial charge < -0.3 is 26.4 Å². The van der Waals surface area contributed by atoms with E-state index in [0.29, 0.717) is 6.42 Å². The van der Waals surface area contributed by atoms with Crippen molar-refractivity contribution >= 4 is 17.7 Å². The average molecular weight is 359 g/mol. The smallest absolute Gasteiger partial charge is 0.351 e. The number of rotatable bonds is 5. The Kier molecular flexibility index (Phi) is 7.94.